The first-order valence-corrected chi connectivity index (χ1v) is 10.7. The van der Waals surface area contributed by atoms with Crippen LogP contribution >= 0.6 is 0 Å². The van der Waals surface area contributed by atoms with E-state index >= 15 is 0 Å². The molecule has 0 saturated carbocycles. The van der Waals surface area contributed by atoms with Crippen LogP contribution in [0.3, 0.4) is 0 Å². The van der Waals surface area contributed by atoms with Crippen LogP contribution in [0.2, 0.25) is 0 Å². The van der Waals surface area contributed by atoms with Crippen LogP contribution in [0.15, 0.2) is 47.4 Å². The molecule has 0 amide bonds. The number of carbonyl (C=O) groups is 1. The van der Waals surface area contributed by atoms with Crippen molar-refractivity contribution in [1.29, 1.82) is 0 Å². The zero-order chi connectivity index (χ0) is 20.3. The van der Waals surface area contributed by atoms with E-state index in [1.807, 2.05) is 26.0 Å². The standard InChI is InChI=1S/C21H25NO5S/c1-15-4-5-18(14-16(15)2)21(23)17(3)27-19-6-8-20(9-7-19)28(24,25)22-10-12-26-13-11-22/h4-9,14,17H,10-13H2,1-3H3/t17-/m1/s1. The molecule has 2 aromatic rings. The van der Waals surface area contributed by atoms with E-state index in [9.17, 15) is 13.2 Å². The fourth-order valence-electron chi connectivity index (χ4n) is 3.01. The van der Waals surface area contributed by atoms with Gasteiger partial charge in [0.2, 0.25) is 15.8 Å². The predicted molar refractivity (Wildman–Crippen MR) is 106 cm³/mol. The third-order valence-electron chi connectivity index (χ3n) is 4.91. The molecule has 1 fully saturated rings. The van der Waals surface area contributed by atoms with Crippen LogP contribution in [0.1, 0.15) is 28.4 Å². The summed E-state index contributed by atoms with van der Waals surface area (Å²) >= 11 is 0. The summed E-state index contributed by atoms with van der Waals surface area (Å²) in [7, 11) is -3.54. The maximum Gasteiger partial charge on any atom is 0.243 e. The van der Waals surface area contributed by atoms with Crippen molar-refractivity contribution < 1.29 is 22.7 Å². The molecule has 0 unspecified atom stereocenters. The first-order chi connectivity index (χ1) is 13.3. The van der Waals surface area contributed by atoms with E-state index in [-0.39, 0.29) is 10.7 Å². The lowest BCUT2D eigenvalue weighted by Gasteiger charge is -2.26. The Bertz CT molecular complexity index is 947. The van der Waals surface area contributed by atoms with Gasteiger partial charge in [-0.1, -0.05) is 12.1 Å². The van der Waals surface area contributed by atoms with Gasteiger partial charge in [-0.3, -0.25) is 4.79 Å². The van der Waals surface area contributed by atoms with Crippen molar-refractivity contribution in [3.8, 4) is 5.75 Å². The number of nitrogens with zero attached hydrogens (tertiary/aromatic N) is 1. The van der Waals surface area contributed by atoms with Gasteiger partial charge in [-0.2, -0.15) is 4.31 Å². The Kier molecular flexibility index (Phi) is 6.17. The molecule has 3 rings (SSSR count). The second-order valence-corrected chi connectivity index (χ2v) is 8.85. The smallest absolute Gasteiger partial charge is 0.243 e. The van der Waals surface area contributed by atoms with Crippen molar-refractivity contribution in [3.05, 3.63) is 59.2 Å². The minimum atomic E-state index is -3.54. The van der Waals surface area contributed by atoms with Crippen LogP contribution < -0.4 is 4.74 Å². The first kappa shape index (κ1) is 20.5. The summed E-state index contributed by atoms with van der Waals surface area (Å²) in [5.41, 5.74) is 2.78. The summed E-state index contributed by atoms with van der Waals surface area (Å²) in [6, 6.07) is 11.7. The Balaban J connectivity index is 1.69. The van der Waals surface area contributed by atoms with Crippen molar-refractivity contribution in [3.63, 3.8) is 0 Å². The number of ether oxygens (including phenoxy) is 2. The lowest BCUT2D eigenvalue weighted by atomic mass is 10.0. The van der Waals surface area contributed by atoms with Gasteiger partial charge in [0.05, 0.1) is 18.1 Å². The third kappa shape index (κ3) is 4.43. The lowest BCUT2D eigenvalue weighted by molar-refractivity contribution is 0.0730. The molecule has 2 aromatic carbocycles. The molecule has 0 spiro atoms. The molecule has 1 atom stereocenters. The number of hydrogen-bond donors (Lipinski definition) is 0. The van der Waals surface area contributed by atoms with E-state index in [4.69, 9.17) is 9.47 Å². The second kappa shape index (κ2) is 8.43. The number of sulfonamides is 1. The highest BCUT2D eigenvalue weighted by atomic mass is 32.2. The Hall–Kier alpha value is -2.22. The van der Waals surface area contributed by atoms with Gasteiger partial charge in [-0.05, 0) is 62.2 Å². The summed E-state index contributed by atoms with van der Waals surface area (Å²) < 4.78 is 37.7. The highest BCUT2D eigenvalue weighted by molar-refractivity contribution is 7.89. The van der Waals surface area contributed by atoms with Gasteiger partial charge in [0.25, 0.3) is 0 Å². The summed E-state index contributed by atoms with van der Waals surface area (Å²) in [6.07, 6.45) is -0.677. The van der Waals surface area contributed by atoms with Crippen LogP contribution in [0.4, 0.5) is 0 Å². The average Bonchev–Trinajstić information content (AvgIpc) is 2.70. The van der Waals surface area contributed by atoms with Crippen molar-refractivity contribution in [2.45, 2.75) is 31.8 Å². The topological polar surface area (TPSA) is 72.9 Å². The fourth-order valence-corrected chi connectivity index (χ4v) is 4.42. The van der Waals surface area contributed by atoms with Gasteiger partial charge in [0, 0.05) is 18.7 Å². The molecular weight excluding hydrogens is 378 g/mol. The van der Waals surface area contributed by atoms with Gasteiger partial charge in [0.15, 0.2) is 6.10 Å². The van der Waals surface area contributed by atoms with Crippen molar-refractivity contribution in [2.75, 3.05) is 26.3 Å². The molecule has 1 aliphatic heterocycles. The average molecular weight is 404 g/mol. The summed E-state index contributed by atoms with van der Waals surface area (Å²) in [4.78, 5) is 12.8. The Morgan fingerprint density at radius 1 is 1.04 bits per heavy atom. The van der Waals surface area contributed by atoms with Gasteiger partial charge in [0.1, 0.15) is 5.75 Å². The number of carbonyl (C=O) groups excluding carboxylic acids is 1. The normalized spacial score (nSPS) is 16.5. The number of rotatable bonds is 6. The van der Waals surface area contributed by atoms with Crippen molar-refractivity contribution >= 4 is 15.8 Å². The van der Waals surface area contributed by atoms with Crippen LogP contribution in [0, 0.1) is 13.8 Å². The number of hydrogen-bond acceptors (Lipinski definition) is 5. The van der Waals surface area contributed by atoms with Crippen LogP contribution in [-0.2, 0) is 14.8 Å². The summed E-state index contributed by atoms with van der Waals surface area (Å²) in [5.74, 6) is 0.332. The maximum absolute atomic E-state index is 12.6. The predicted octanol–water partition coefficient (Wildman–Crippen LogP) is 2.97. The molecule has 150 valence electrons. The minimum absolute atomic E-state index is 0.117. The quantitative estimate of drug-likeness (QED) is 0.694. The van der Waals surface area contributed by atoms with E-state index in [2.05, 4.69) is 0 Å². The highest BCUT2D eigenvalue weighted by Crippen LogP contribution is 2.22. The molecule has 0 bridgehead atoms. The summed E-state index contributed by atoms with van der Waals surface area (Å²) in [5, 5.41) is 0. The monoisotopic (exact) mass is 403 g/mol. The number of aryl methyl sites for hydroxylation is 2. The van der Waals surface area contributed by atoms with E-state index in [0.717, 1.165) is 11.1 Å². The van der Waals surface area contributed by atoms with Gasteiger partial charge < -0.3 is 9.47 Å². The zero-order valence-electron chi connectivity index (χ0n) is 16.3. The molecule has 28 heavy (non-hydrogen) atoms. The summed E-state index contributed by atoms with van der Waals surface area (Å²) in [6.45, 7) is 7.15. The van der Waals surface area contributed by atoms with E-state index in [1.165, 1.54) is 16.4 Å². The molecule has 1 aliphatic rings. The van der Waals surface area contributed by atoms with Crippen LogP contribution in [-0.4, -0.2) is 50.9 Å². The van der Waals surface area contributed by atoms with Crippen LogP contribution in [0.5, 0.6) is 5.75 Å². The largest absolute Gasteiger partial charge is 0.483 e. The SMILES string of the molecule is Cc1ccc(C(=O)[C@@H](C)Oc2ccc(S(=O)(=O)N3CCOCC3)cc2)cc1C. The number of Topliss-reactive ketones (excluding diaryl/α,β-unsaturated/α-hetero) is 1. The van der Waals surface area contributed by atoms with Crippen LogP contribution in [0.25, 0.3) is 0 Å². The molecular formula is C21H25NO5S. The number of morpholine rings is 1. The third-order valence-corrected chi connectivity index (χ3v) is 6.82. The van der Waals surface area contributed by atoms with Crippen molar-refractivity contribution in [2.24, 2.45) is 0 Å². The molecule has 0 aliphatic carbocycles. The molecule has 7 heteroatoms. The molecule has 1 saturated heterocycles. The molecule has 6 nitrogen and oxygen atoms in total. The van der Waals surface area contributed by atoms with Gasteiger partial charge in [-0.15, -0.1) is 0 Å². The maximum atomic E-state index is 12.6. The fraction of sp³-hybridized carbons (Fsp3) is 0.381. The number of benzene rings is 2. The highest BCUT2D eigenvalue weighted by Gasteiger charge is 2.26. The van der Waals surface area contributed by atoms with Gasteiger partial charge in [-0.25, -0.2) is 8.42 Å². The molecule has 0 aromatic heterocycles. The van der Waals surface area contributed by atoms with E-state index < -0.39 is 16.1 Å². The Morgan fingerprint density at radius 2 is 1.68 bits per heavy atom. The Morgan fingerprint density at radius 3 is 2.29 bits per heavy atom. The molecule has 0 radical (unpaired) electrons. The van der Waals surface area contributed by atoms with E-state index in [1.54, 1.807) is 25.1 Å². The number of ketones is 1. The molecule has 1 heterocycles. The molecule has 0 N–H and O–H groups in total. The Labute approximate surface area is 166 Å². The van der Waals surface area contributed by atoms with Gasteiger partial charge >= 0.3 is 0 Å². The minimum Gasteiger partial charge on any atom is -0.483 e. The lowest BCUT2D eigenvalue weighted by Crippen LogP contribution is -2.40. The first-order valence-electron chi connectivity index (χ1n) is 9.25. The zero-order valence-corrected chi connectivity index (χ0v) is 17.2. The second-order valence-electron chi connectivity index (χ2n) is 6.91. The van der Waals surface area contributed by atoms with Crippen molar-refractivity contribution in [1.82, 2.24) is 4.31 Å². The van der Waals surface area contributed by atoms with E-state index in [0.29, 0.717) is 37.6 Å².